The Balaban J connectivity index is 2.29. The predicted molar refractivity (Wildman–Crippen MR) is 64.0 cm³/mol. The molecule has 0 bridgehead atoms. The zero-order valence-corrected chi connectivity index (χ0v) is 9.80. The number of hydrogen-bond donors (Lipinski definition) is 2. The fraction of sp³-hybridized carbons (Fsp3) is 0.600. The van der Waals surface area contributed by atoms with E-state index in [-0.39, 0.29) is 17.5 Å². The Kier molecular flexibility index (Phi) is 3.08. The summed E-state index contributed by atoms with van der Waals surface area (Å²) in [6.45, 7) is 4.54. The third-order valence-electron chi connectivity index (χ3n) is 2.78. The van der Waals surface area contributed by atoms with Gasteiger partial charge in [0.2, 0.25) is 11.6 Å². The van der Waals surface area contributed by atoms with Crippen LogP contribution < -0.4 is 10.6 Å². The second-order valence-electron chi connectivity index (χ2n) is 4.17. The molecule has 1 aromatic rings. The Morgan fingerprint density at radius 1 is 1.53 bits per heavy atom. The fourth-order valence-electron chi connectivity index (χ4n) is 1.65. The molecule has 0 radical (unpaired) electrons. The van der Waals surface area contributed by atoms with Crippen molar-refractivity contribution in [2.45, 2.75) is 26.3 Å². The molecular weight excluding hydrogens is 222 g/mol. The minimum absolute atomic E-state index is 0.0755. The first-order chi connectivity index (χ1) is 8.13. The van der Waals surface area contributed by atoms with Gasteiger partial charge in [0, 0.05) is 12.6 Å². The number of nitro groups is 1. The first kappa shape index (κ1) is 11.6. The Hall–Kier alpha value is -1.92. The summed E-state index contributed by atoms with van der Waals surface area (Å²) < 4.78 is 0. The zero-order valence-electron chi connectivity index (χ0n) is 9.80. The third kappa shape index (κ3) is 2.43. The number of hydrogen-bond acceptors (Lipinski definition) is 6. The molecule has 0 amide bonds. The van der Waals surface area contributed by atoms with Crippen LogP contribution in [0.25, 0.3) is 0 Å². The molecule has 17 heavy (non-hydrogen) atoms. The molecule has 7 heteroatoms. The van der Waals surface area contributed by atoms with E-state index in [2.05, 4.69) is 27.5 Å². The highest BCUT2D eigenvalue weighted by Crippen LogP contribution is 2.36. The summed E-state index contributed by atoms with van der Waals surface area (Å²) in [4.78, 5) is 18.4. The van der Waals surface area contributed by atoms with Gasteiger partial charge in [0.05, 0.1) is 4.92 Å². The van der Waals surface area contributed by atoms with E-state index in [9.17, 15) is 10.1 Å². The molecule has 1 aromatic heterocycles. The molecule has 2 rings (SSSR count). The van der Waals surface area contributed by atoms with Gasteiger partial charge >= 0.3 is 5.69 Å². The topological polar surface area (TPSA) is 93.0 Å². The van der Waals surface area contributed by atoms with Crippen LogP contribution in [0.15, 0.2) is 6.33 Å². The molecule has 2 N–H and O–H groups in total. The number of rotatable bonds is 5. The molecule has 0 saturated heterocycles. The van der Waals surface area contributed by atoms with Crippen molar-refractivity contribution in [3.8, 4) is 0 Å². The molecule has 0 aromatic carbocycles. The molecule has 2 unspecified atom stereocenters. The Morgan fingerprint density at radius 3 is 2.71 bits per heavy atom. The summed E-state index contributed by atoms with van der Waals surface area (Å²) in [5.41, 5.74) is -0.0755. The summed E-state index contributed by atoms with van der Waals surface area (Å²) in [7, 11) is 0. The lowest BCUT2D eigenvalue weighted by Crippen LogP contribution is -2.11. The van der Waals surface area contributed by atoms with Gasteiger partial charge in [-0.2, -0.15) is 0 Å². The van der Waals surface area contributed by atoms with Gasteiger partial charge in [-0.25, -0.2) is 9.97 Å². The second-order valence-corrected chi connectivity index (χ2v) is 4.17. The van der Waals surface area contributed by atoms with Crippen LogP contribution in [-0.4, -0.2) is 27.5 Å². The van der Waals surface area contributed by atoms with Gasteiger partial charge in [0.15, 0.2) is 0 Å². The van der Waals surface area contributed by atoms with Crippen LogP contribution in [0.3, 0.4) is 0 Å². The molecule has 1 aliphatic rings. The van der Waals surface area contributed by atoms with Gasteiger partial charge in [0.1, 0.15) is 6.33 Å². The molecule has 1 heterocycles. The van der Waals surface area contributed by atoms with E-state index in [0.29, 0.717) is 18.3 Å². The van der Waals surface area contributed by atoms with Gasteiger partial charge in [-0.15, -0.1) is 0 Å². The smallest absolute Gasteiger partial charge is 0.353 e. The number of aromatic nitrogens is 2. The molecule has 1 aliphatic carbocycles. The molecule has 92 valence electrons. The highest BCUT2D eigenvalue weighted by atomic mass is 16.6. The summed E-state index contributed by atoms with van der Waals surface area (Å²) >= 11 is 0. The predicted octanol–water partition coefficient (Wildman–Crippen LogP) is 1.64. The minimum atomic E-state index is -0.451. The van der Waals surface area contributed by atoms with Gasteiger partial charge in [0.25, 0.3) is 0 Å². The van der Waals surface area contributed by atoms with Crippen molar-refractivity contribution < 1.29 is 4.92 Å². The molecule has 2 atom stereocenters. The summed E-state index contributed by atoms with van der Waals surface area (Å²) in [5.74, 6) is 1.12. The van der Waals surface area contributed by atoms with E-state index in [1.807, 2.05) is 6.92 Å². The van der Waals surface area contributed by atoms with Crippen molar-refractivity contribution in [1.82, 2.24) is 9.97 Å². The lowest BCUT2D eigenvalue weighted by atomic mass is 10.4. The second kappa shape index (κ2) is 4.52. The lowest BCUT2D eigenvalue weighted by Gasteiger charge is -2.08. The quantitative estimate of drug-likeness (QED) is 0.597. The first-order valence-corrected chi connectivity index (χ1v) is 5.63. The normalized spacial score (nSPS) is 22.0. The standard InChI is InChI=1S/C10H15N5O2/c1-3-11-9-8(15(16)17)10(13-5-12-9)14-7-4-6(7)2/h5-7H,3-4H2,1-2H3,(H2,11,12,13,14). The first-order valence-electron chi connectivity index (χ1n) is 5.63. The molecule has 0 aliphatic heterocycles. The van der Waals surface area contributed by atoms with Gasteiger partial charge < -0.3 is 10.6 Å². The monoisotopic (exact) mass is 237 g/mol. The third-order valence-corrected chi connectivity index (χ3v) is 2.78. The average Bonchev–Trinajstić information content (AvgIpc) is 2.94. The van der Waals surface area contributed by atoms with Crippen LogP contribution >= 0.6 is 0 Å². The number of nitrogens with zero attached hydrogens (tertiary/aromatic N) is 3. The Morgan fingerprint density at radius 2 is 2.18 bits per heavy atom. The maximum atomic E-state index is 11.0. The van der Waals surface area contributed by atoms with E-state index in [1.165, 1.54) is 6.33 Å². The van der Waals surface area contributed by atoms with Crippen LogP contribution in [0.1, 0.15) is 20.3 Å². The van der Waals surface area contributed by atoms with Crippen molar-refractivity contribution in [3.05, 3.63) is 16.4 Å². The van der Waals surface area contributed by atoms with Crippen molar-refractivity contribution in [2.75, 3.05) is 17.2 Å². The summed E-state index contributed by atoms with van der Waals surface area (Å²) in [5, 5.41) is 17.0. The van der Waals surface area contributed by atoms with Gasteiger partial charge in [-0.05, 0) is 19.3 Å². The highest BCUT2D eigenvalue weighted by Gasteiger charge is 2.35. The molecule has 1 saturated carbocycles. The van der Waals surface area contributed by atoms with E-state index in [4.69, 9.17) is 0 Å². The maximum absolute atomic E-state index is 11.0. The molecule has 1 fully saturated rings. The van der Waals surface area contributed by atoms with Crippen molar-refractivity contribution >= 4 is 17.3 Å². The van der Waals surface area contributed by atoms with Crippen LogP contribution in [0.4, 0.5) is 17.3 Å². The summed E-state index contributed by atoms with van der Waals surface area (Å²) in [6, 6.07) is 0.290. The van der Waals surface area contributed by atoms with Crippen molar-refractivity contribution in [1.29, 1.82) is 0 Å². The fourth-order valence-corrected chi connectivity index (χ4v) is 1.65. The van der Waals surface area contributed by atoms with Crippen molar-refractivity contribution in [2.24, 2.45) is 5.92 Å². The SMILES string of the molecule is CCNc1ncnc(NC2CC2C)c1[N+](=O)[O-]. The lowest BCUT2D eigenvalue weighted by molar-refractivity contribution is -0.383. The molecule has 7 nitrogen and oxygen atoms in total. The van der Waals surface area contributed by atoms with Crippen LogP contribution in [-0.2, 0) is 0 Å². The average molecular weight is 237 g/mol. The number of anilines is 2. The Bertz CT molecular complexity index is 437. The molecular formula is C10H15N5O2. The van der Waals surface area contributed by atoms with E-state index in [1.54, 1.807) is 0 Å². The van der Waals surface area contributed by atoms with Crippen LogP contribution in [0.2, 0.25) is 0 Å². The Labute approximate surface area is 98.8 Å². The zero-order chi connectivity index (χ0) is 12.4. The number of nitrogens with one attached hydrogen (secondary N) is 2. The van der Waals surface area contributed by atoms with E-state index >= 15 is 0 Å². The minimum Gasteiger partial charge on any atom is -0.364 e. The highest BCUT2D eigenvalue weighted by molar-refractivity contribution is 5.69. The largest absolute Gasteiger partial charge is 0.364 e. The molecule has 0 spiro atoms. The van der Waals surface area contributed by atoms with Crippen molar-refractivity contribution in [3.63, 3.8) is 0 Å². The van der Waals surface area contributed by atoms with Gasteiger partial charge in [-0.1, -0.05) is 6.92 Å². The summed E-state index contributed by atoms with van der Waals surface area (Å²) in [6.07, 6.45) is 2.36. The van der Waals surface area contributed by atoms with E-state index < -0.39 is 4.92 Å². The van der Waals surface area contributed by atoms with Crippen LogP contribution in [0.5, 0.6) is 0 Å². The van der Waals surface area contributed by atoms with E-state index in [0.717, 1.165) is 6.42 Å². The maximum Gasteiger partial charge on any atom is 0.353 e. The van der Waals surface area contributed by atoms with Gasteiger partial charge in [-0.3, -0.25) is 10.1 Å². The van der Waals surface area contributed by atoms with Crippen LogP contribution in [0, 0.1) is 16.0 Å².